The first-order valence-electron chi connectivity index (χ1n) is 6.44. The van der Waals surface area contributed by atoms with E-state index >= 15 is 0 Å². The molecule has 1 atom stereocenters. The predicted octanol–water partition coefficient (Wildman–Crippen LogP) is 0.879. The van der Waals surface area contributed by atoms with Crippen molar-refractivity contribution in [1.82, 2.24) is 14.6 Å². The molecule has 0 aliphatic carbocycles. The number of nitrogens with one attached hydrogen (secondary N) is 1. The topological polar surface area (TPSA) is 97.1 Å². The van der Waals surface area contributed by atoms with Crippen LogP contribution in [0.3, 0.4) is 0 Å². The molecule has 1 unspecified atom stereocenters. The van der Waals surface area contributed by atoms with Crippen molar-refractivity contribution in [1.29, 1.82) is 0 Å². The first-order valence-corrected chi connectivity index (χ1v) is 6.44. The molecule has 0 saturated carbocycles. The Morgan fingerprint density at radius 1 is 1.48 bits per heavy atom. The van der Waals surface area contributed by atoms with Crippen LogP contribution in [-0.4, -0.2) is 25.7 Å². The molecule has 0 bridgehead atoms. The number of pyridine rings is 1. The lowest BCUT2D eigenvalue weighted by Gasteiger charge is -2.14. The Kier molecular flexibility index (Phi) is 4.32. The fraction of sp³-hybridized carbons (Fsp3) is 0.286. The molecule has 0 fully saturated rings. The molecule has 2 heterocycles. The fourth-order valence-corrected chi connectivity index (χ4v) is 2.00. The SMILES string of the molecule is Cc1ccn(NCc2cnccn2)c(=O)c1C(C)C(=O)O. The number of rotatable bonds is 5. The highest BCUT2D eigenvalue weighted by molar-refractivity contribution is 5.75. The molecule has 0 aliphatic heterocycles. The Bertz CT molecular complexity index is 697. The van der Waals surface area contributed by atoms with Gasteiger partial charge >= 0.3 is 5.97 Å². The van der Waals surface area contributed by atoms with Crippen LogP contribution in [-0.2, 0) is 11.3 Å². The Labute approximate surface area is 121 Å². The van der Waals surface area contributed by atoms with Gasteiger partial charge in [-0.2, -0.15) is 0 Å². The van der Waals surface area contributed by atoms with Crippen LogP contribution >= 0.6 is 0 Å². The van der Waals surface area contributed by atoms with Crippen LogP contribution in [0, 0.1) is 6.92 Å². The quantitative estimate of drug-likeness (QED) is 0.847. The molecule has 21 heavy (non-hydrogen) atoms. The zero-order valence-corrected chi connectivity index (χ0v) is 11.8. The molecule has 2 aromatic rings. The summed E-state index contributed by atoms with van der Waals surface area (Å²) in [7, 11) is 0. The van der Waals surface area contributed by atoms with E-state index in [1.165, 1.54) is 11.6 Å². The molecule has 110 valence electrons. The van der Waals surface area contributed by atoms with Crippen molar-refractivity contribution in [2.75, 3.05) is 5.43 Å². The minimum atomic E-state index is -1.03. The normalized spacial score (nSPS) is 11.9. The average molecular weight is 288 g/mol. The Hall–Kier alpha value is -2.70. The average Bonchev–Trinajstić information content (AvgIpc) is 2.47. The van der Waals surface area contributed by atoms with Crippen molar-refractivity contribution in [3.8, 4) is 0 Å². The maximum absolute atomic E-state index is 12.4. The van der Waals surface area contributed by atoms with Gasteiger partial charge in [0.2, 0.25) is 0 Å². The third-order valence-corrected chi connectivity index (χ3v) is 3.20. The van der Waals surface area contributed by atoms with Gasteiger partial charge in [0, 0.05) is 24.2 Å². The third-order valence-electron chi connectivity index (χ3n) is 3.20. The number of aliphatic carboxylic acids is 1. The van der Waals surface area contributed by atoms with E-state index in [1.807, 2.05) is 0 Å². The maximum Gasteiger partial charge on any atom is 0.310 e. The minimum absolute atomic E-state index is 0.275. The van der Waals surface area contributed by atoms with E-state index in [4.69, 9.17) is 5.11 Å². The second kappa shape index (κ2) is 6.17. The van der Waals surface area contributed by atoms with Gasteiger partial charge in [-0.05, 0) is 25.5 Å². The van der Waals surface area contributed by atoms with Crippen molar-refractivity contribution < 1.29 is 9.90 Å². The van der Waals surface area contributed by atoms with Crippen LogP contribution in [0.15, 0.2) is 35.6 Å². The Morgan fingerprint density at radius 2 is 2.24 bits per heavy atom. The number of carboxylic acids is 1. The van der Waals surface area contributed by atoms with E-state index in [0.717, 1.165) is 0 Å². The fourth-order valence-electron chi connectivity index (χ4n) is 2.00. The third kappa shape index (κ3) is 3.25. The van der Waals surface area contributed by atoms with Gasteiger partial charge < -0.3 is 10.5 Å². The molecule has 2 N–H and O–H groups in total. The Morgan fingerprint density at radius 3 is 2.86 bits per heavy atom. The summed E-state index contributed by atoms with van der Waals surface area (Å²) in [5.74, 6) is -1.88. The largest absolute Gasteiger partial charge is 0.481 e. The zero-order chi connectivity index (χ0) is 15.4. The van der Waals surface area contributed by atoms with Crippen LogP contribution in [0.1, 0.15) is 29.7 Å². The van der Waals surface area contributed by atoms with E-state index < -0.39 is 11.9 Å². The summed E-state index contributed by atoms with van der Waals surface area (Å²) < 4.78 is 1.27. The first kappa shape index (κ1) is 14.7. The summed E-state index contributed by atoms with van der Waals surface area (Å²) >= 11 is 0. The molecule has 0 radical (unpaired) electrons. The van der Waals surface area contributed by atoms with Gasteiger partial charge in [-0.1, -0.05) is 0 Å². The second-order valence-corrected chi connectivity index (χ2v) is 4.68. The van der Waals surface area contributed by atoms with Crippen molar-refractivity contribution >= 4 is 5.97 Å². The summed E-state index contributed by atoms with van der Waals surface area (Å²) in [4.78, 5) is 31.5. The zero-order valence-electron chi connectivity index (χ0n) is 11.8. The maximum atomic E-state index is 12.4. The summed E-state index contributed by atoms with van der Waals surface area (Å²) in [5.41, 5.74) is 4.15. The summed E-state index contributed by atoms with van der Waals surface area (Å²) in [6.07, 6.45) is 6.29. The lowest BCUT2D eigenvalue weighted by atomic mass is 9.99. The number of carbonyl (C=O) groups is 1. The molecule has 0 aromatic carbocycles. The van der Waals surface area contributed by atoms with Crippen molar-refractivity contribution in [2.24, 2.45) is 0 Å². The highest BCUT2D eigenvalue weighted by atomic mass is 16.4. The van der Waals surface area contributed by atoms with Gasteiger partial charge in [0.15, 0.2) is 0 Å². The molecule has 0 amide bonds. The van der Waals surface area contributed by atoms with E-state index in [-0.39, 0.29) is 11.1 Å². The van der Waals surface area contributed by atoms with Crippen LogP contribution in [0.25, 0.3) is 0 Å². The first-order chi connectivity index (χ1) is 10.0. The summed E-state index contributed by atoms with van der Waals surface area (Å²) in [5, 5.41) is 9.10. The van der Waals surface area contributed by atoms with E-state index in [2.05, 4.69) is 15.4 Å². The van der Waals surface area contributed by atoms with Crippen molar-refractivity contribution in [2.45, 2.75) is 26.3 Å². The number of aromatic nitrogens is 3. The summed E-state index contributed by atoms with van der Waals surface area (Å²) in [6, 6.07) is 1.71. The molecule has 0 aliphatic rings. The van der Waals surface area contributed by atoms with E-state index in [1.54, 1.807) is 37.8 Å². The van der Waals surface area contributed by atoms with Gasteiger partial charge in [0.25, 0.3) is 5.56 Å². The molecule has 0 saturated heterocycles. The number of nitrogens with zero attached hydrogens (tertiary/aromatic N) is 3. The highest BCUT2D eigenvalue weighted by Gasteiger charge is 2.20. The van der Waals surface area contributed by atoms with Crippen LogP contribution in [0.4, 0.5) is 0 Å². The lowest BCUT2D eigenvalue weighted by Crippen LogP contribution is -2.33. The standard InChI is InChI=1S/C14H16N4O3/c1-9-3-6-18(13(19)12(9)10(2)14(20)21)17-8-11-7-15-4-5-16-11/h3-7,10,17H,8H2,1-2H3,(H,20,21). The predicted molar refractivity (Wildman–Crippen MR) is 76.6 cm³/mol. The van der Waals surface area contributed by atoms with Crippen molar-refractivity contribution in [3.63, 3.8) is 0 Å². The van der Waals surface area contributed by atoms with Gasteiger partial charge in [-0.3, -0.25) is 19.6 Å². The Balaban J connectivity index is 2.27. The second-order valence-electron chi connectivity index (χ2n) is 4.68. The summed E-state index contributed by atoms with van der Waals surface area (Å²) in [6.45, 7) is 3.54. The number of hydrogen-bond donors (Lipinski definition) is 2. The molecular formula is C14H16N4O3. The number of carboxylic acid groups (broad SMARTS) is 1. The molecule has 0 spiro atoms. The molecule has 2 aromatic heterocycles. The van der Waals surface area contributed by atoms with Gasteiger partial charge in [-0.15, -0.1) is 0 Å². The molecular weight excluding hydrogens is 272 g/mol. The van der Waals surface area contributed by atoms with Crippen LogP contribution in [0.5, 0.6) is 0 Å². The monoisotopic (exact) mass is 288 g/mol. The smallest absolute Gasteiger partial charge is 0.310 e. The van der Waals surface area contributed by atoms with E-state index in [0.29, 0.717) is 17.8 Å². The number of aryl methyl sites for hydroxylation is 1. The van der Waals surface area contributed by atoms with Crippen LogP contribution < -0.4 is 11.0 Å². The number of hydrogen-bond acceptors (Lipinski definition) is 5. The van der Waals surface area contributed by atoms with Gasteiger partial charge in [0.1, 0.15) is 0 Å². The van der Waals surface area contributed by atoms with E-state index in [9.17, 15) is 9.59 Å². The van der Waals surface area contributed by atoms with Crippen molar-refractivity contribution in [3.05, 3.63) is 58.0 Å². The molecule has 7 heteroatoms. The minimum Gasteiger partial charge on any atom is -0.481 e. The lowest BCUT2D eigenvalue weighted by molar-refractivity contribution is -0.138. The molecule has 2 rings (SSSR count). The molecule has 7 nitrogen and oxygen atoms in total. The van der Waals surface area contributed by atoms with Gasteiger partial charge in [0.05, 0.1) is 24.4 Å². The highest BCUT2D eigenvalue weighted by Crippen LogP contribution is 2.15. The van der Waals surface area contributed by atoms with Crippen LogP contribution in [0.2, 0.25) is 0 Å². The van der Waals surface area contributed by atoms with Gasteiger partial charge in [-0.25, -0.2) is 4.68 Å².